The second-order valence-electron chi connectivity index (χ2n) is 14.7. The zero-order valence-corrected chi connectivity index (χ0v) is 32.3. The van der Waals surface area contributed by atoms with Crippen molar-refractivity contribution in [2.75, 3.05) is 0 Å². The van der Waals surface area contributed by atoms with Crippen molar-refractivity contribution in [2.45, 2.75) is 0 Å². The van der Waals surface area contributed by atoms with Crippen LogP contribution < -0.4 is 0 Å². The Morgan fingerprint density at radius 2 is 1.03 bits per heavy atom. The third-order valence-corrected chi connectivity index (χ3v) is 12.2. The van der Waals surface area contributed by atoms with Gasteiger partial charge in [0.15, 0.2) is 17.5 Å². The molecule has 0 aliphatic carbocycles. The van der Waals surface area contributed by atoms with Gasteiger partial charge in [0.2, 0.25) is 0 Å². The lowest BCUT2D eigenvalue weighted by Crippen LogP contribution is -1.99. The van der Waals surface area contributed by atoms with E-state index in [1.807, 2.05) is 72.8 Å². The highest BCUT2D eigenvalue weighted by atomic mass is 32.1. The van der Waals surface area contributed by atoms with Crippen LogP contribution in [0.2, 0.25) is 0 Å². The molecular weight excluding hydrogens is 743 g/mol. The smallest absolute Gasteiger partial charge is 0.164 e. The standard InChI is InChI=1S/C52H31N5OS/c1-3-13-32(14-4-1)49-54-50(33-15-5-2-6-16-33)56-51(55-49)35-25-27-43-47(31-35)59-52(53-43)36-17-11-18-37(29-36)57-44-23-9-7-19-39(44)42-30-34(26-28-45(42)57)38-21-12-22-41-40-20-8-10-24-46(40)58-48(38)41/h1-31H. The van der Waals surface area contributed by atoms with Gasteiger partial charge in [-0.15, -0.1) is 11.3 Å². The molecule has 8 aromatic carbocycles. The summed E-state index contributed by atoms with van der Waals surface area (Å²) in [6.07, 6.45) is 0. The van der Waals surface area contributed by atoms with E-state index in [0.717, 1.165) is 87.3 Å². The molecule has 4 aromatic heterocycles. The zero-order chi connectivity index (χ0) is 38.9. The summed E-state index contributed by atoms with van der Waals surface area (Å²) in [5, 5.41) is 5.60. The Morgan fingerprint density at radius 1 is 0.407 bits per heavy atom. The van der Waals surface area contributed by atoms with Crippen LogP contribution in [0.4, 0.5) is 0 Å². The summed E-state index contributed by atoms with van der Waals surface area (Å²) in [7, 11) is 0. The first-order valence-electron chi connectivity index (χ1n) is 19.5. The van der Waals surface area contributed by atoms with E-state index in [1.165, 1.54) is 10.8 Å². The van der Waals surface area contributed by atoms with Crippen molar-refractivity contribution in [1.29, 1.82) is 0 Å². The number of fused-ring (bicyclic) bond motifs is 7. The molecule has 0 atom stereocenters. The van der Waals surface area contributed by atoms with Crippen molar-refractivity contribution < 1.29 is 4.42 Å². The minimum absolute atomic E-state index is 0.625. The highest BCUT2D eigenvalue weighted by Gasteiger charge is 2.18. The molecule has 0 spiro atoms. The van der Waals surface area contributed by atoms with Gasteiger partial charge < -0.3 is 8.98 Å². The van der Waals surface area contributed by atoms with Crippen molar-refractivity contribution >= 4 is 65.3 Å². The molecule has 7 heteroatoms. The van der Waals surface area contributed by atoms with E-state index in [1.54, 1.807) is 11.3 Å². The van der Waals surface area contributed by atoms with Crippen LogP contribution in [0.5, 0.6) is 0 Å². The maximum Gasteiger partial charge on any atom is 0.164 e. The largest absolute Gasteiger partial charge is 0.455 e. The average molecular weight is 774 g/mol. The van der Waals surface area contributed by atoms with E-state index < -0.39 is 0 Å². The van der Waals surface area contributed by atoms with Crippen molar-refractivity contribution in [3.8, 4) is 61.5 Å². The van der Waals surface area contributed by atoms with Gasteiger partial charge in [-0.05, 0) is 60.2 Å². The number of aromatic nitrogens is 5. The molecule has 0 saturated heterocycles. The van der Waals surface area contributed by atoms with Crippen LogP contribution in [0.15, 0.2) is 192 Å². The summed E-state index contributed by atoms with van der Waals surface area (Å²) in [6, 6.07) is 65.2. The summed E-state index contributed by atoms with van der Waals surface area (Å²) in [4.78, 5) is 19.9. The Kier molecular flexibility index (Phi) is 7.61. The molecule has 0 amide bonds. The van der Waals surface area contributed by atoms with Crippen LogP contribution in [0.1, 0.15) is 0 Å². The molecule has 0 saturated carbocycles. The monoisotopic (exact) mass is 773 g/mol. The fraction of sp³-hybridized carbons (Fsp3) is 0. The van der Waals surface area contributed by atoms with Gasteiger partial charge >= 0.3 is 0 Å². The van der Waals surface area contributed by atoms with E-state index >= 15 is 0 Å². The SMILES string of the molecule is c1ccc(-c2nc(-c3ccccc3)nc(-c3ccc4nc(-c5cccc(-n6c7ccccc7c7cc(-c8cccc9c8oc8ccccc89)ccc76)c5)sc4c3)n2)cc1. The highest BCUT2D eigenvalue weighted by molar-refractivity contribution is 7.21. The Bertz CT molecular complexity index is 3510. The van der Waals surface area contributed by atoms with Crippen molar-refractivity contribution in [3.63, 3.8) is 0 Å². The minimum atomic E-state index is 0.625. The Morgan fingerprint density at radius 3 is 1.83 bits per heavy atom. The normalized spacial score (nSPS) is 11.7. The fourth-order valence-corrected chi connectivity index (χ4v) is 9.30. The van der Waals surface area contributed by atoms with Gasteiger partial charge in [-0.1, -0.05) is 133 Å². The number of furan rings is 1. The molecule has 59 heavy (non-hydrogen) atoms. The minimum Gasteiger partial charge on any atom is -0.455 e. The van der Waals surface area contributed by atoms with Gasteiger partial charge in [0.05, 0.1) is 21.3 Å². The molecule has 12 aromatic rings. The number of hydrogen-bond acceptors (Lipinski definition) is 6. The molecular formula is C52H31N5OS. The van der Waals surface area contributed by atoms with Gasteiger partial charge in [0.1, 0.15) is 16.2 Å². The van der Waals surface area contributed by atoms with Gasteiger partial charge in [-0.25, -0.2) is 19.9 Å². The number of nitrogens with zero attached hydrogens (tertiary/aromatic N) is 5. The lowest BCUT2D eigenvalue weighted by atomic mass is 10.0. The van der Waals surface area contributed by atoms with Crippen molar-refractivity contribution in [3.05, 3.63) is 188 Å². The molecule has 4 heterocycles. The van der Waals surface area contributed by atoms with Crippen LogP contribution in [-0.4, -0.2) is 24.5 Å². The molecule has 12 rings (SSSR count). The Hall–Kier alpha value is -7.74. The number of para-hydroxylation sites is 3. The maximum absolute atomic E-state index is 6.44. The third-order valence-electron chi connectivity index (χ3n) is 11.1. The van der Waals surface area contributed by atoms with Crippen LogP contribution >= 0.6 is 11.3 Å². The molecule has 0 unspecified atom stereocenters. The predicted octanol–water partition coefficient (Wildman–Crippen LogP) is 13.8. The molecule has 0 aliphatic heterocycles. The fourth-order valence-electron chi connectivity index (χ4n) is 8.30. The zero-order valence-electron chi connectivity index (χ0n) is 31.5. The lowest BCUT2D eigenvalue weighted by Gasteiger charge is -2.10. The van der Waals surface area contributed by atoms with Gasteiger partial charge in [-0.3, -0.25) is 0 Å². The van der Waals surface area contributed by atoms with E-state index in [-0.39, 0.29) is 0 Å². The quantitative estimate of drug-likeness (QED) is 0.168. The van der Waals surface area contributed by atoms with E-state index in [4.69, 9.17) is 24.4 Å². The molecule has 0 bridgehead atoms. The van der Waals surface area contributed by atoms with Gasteiger partial charge in [-0.2, -0.15) is 0 Å². The number of hydrogen-bond donors (Lipinski definition) is 0. The van der Waals surface area contributed by atoms with Crippen LogP contribution in [0.3, 0.4) is 0 Å². The van der Waals surface area contributed by atoms with Gasteiger partial charge in [0.25, 0.3) is 0 Å². The summed E-state index contributed by atoms with van der Waals surface area (Å²) >= 11 is 1.67. The molecule has 0 fully saturated rings. The summed E-state index contributed by atoms with van der Waals surface area (Å²) in [5.41, 5.74) is 12.2. The summed E-state index contributed by atoms with van der Waals surface area (Å²) < 4.78 is 9.87. The van der Waals surface area contributed by atoms with Crippen molar-refractivity contribution in [2.24, 2.45) is 0 Å². The van der Waals surface area contributed by atoms with Crippen LogP contribution in [0.25, 0.3) is 116 Å². The first-order valence-corrected chi connectivity index (χ1v) is 20.4. The summed E-state index contributed by atoms with van der Waals surface area (Å²) in [6.45, 7) is 0. The first kappa shape index (κ1) is 33.4. The van der Waals surface area contributed by atoms with Crippen molar-refractivity contribution in [1.82, 2.24) is 24.5 Å². The second-order valence-corrected chi connectivity index (χ2v) is 15.7. The summed E-state index contributed by atoms with van der Waals surface area (Å²) in [5.74, 6) is 1.91. The van der Waals surface area contributed by atoms with E-state index in [0.29, 0.717) is 17.5 Å². The molecule has 0 aliphatic rings. The Balaban J connectivity index is 0.939. The Labute approximate surface area is 342 Å². The molecule has 276 valence electrons. The maximum atomic E-state index is 6.44. The number of benzene rings is 8. The van der Waals surface area contributed by atoms with Crippen LogP contribution in [0, 0.1) is 0 Å². The van der Waals surface area contributed by atoms with E-state index in [2.05, 4.69) is 120 Å². The lowest BCUT2D eigenvalue weighted by molar-refractivity contribution is 0.670. The second kappa shape index (κ2) is 13.4. The molecule has 6 nitrogen and oxygen atoms in total. The first-order chi connectivity index (χ1) is 29.2. The number of rotatable bonds is 6. The molecule has 0 radical (unpaired) electrons. The topological polar surface area (TPSA) is 69.6 Å². The average Bonchev–Trinajstić information content (AvgIpc) is 4.01. The number of thiazole rings is 1. The van der Waals surface area contributed by atoms with Gasteiger partial charge in [0, 0.05) is 55.0 Å². The third kappa shape index (κ3) is 5.62. The molecule has 0 N–H and O–H groups in total. The predicted molar refractivity (Wildman–Crippen MR) is 242 cm³/mol. The van der Waals surface area contributed by atoms with E-state index in [9.17, 15) is 0 Å². The highest BCUT2D eigenvalue weighted by Crippen LogP contribution is 2.40. The van der Waals surface area contributed by atoms with Crippen LogP contribution in [-0.2, 0) is 0 Å².